The van der Waals surface area contributed by atoms with Crippen LogP contribution in [0.4, 0.5) is 0 Å². The fraction of sp³-hybridized carbons (Fsp3) is 0.484. The Morgan fingerprint density at radius 1 is 1.17 bits per heavy atom. The molecular formula is C31H40N6O4S. The molecule has 2 aromatic carbocycles. The molecule has 1 aliphatic heterocycles. The molecule has 224 valence electrons. The quantitative estimate of drug-likeness (QED) is 0.290. The fourth-order valence-corrected chi connectivity index (χ4v) is 8.12. The van der Waals surface area contributed by atoms with Gasteiger partial charge >= 0.3 is 5.97 Å². The number of nitrogens with zero attached hydrogens (tertiary/aromatic N) is 6. The van der Waals surface area contributed by atoms with Crippen LogP contribution in [-0.4, -0.2) is 57.1 Å². The van der Waals surface area contributed by atoms with Crippen molar-refractivity contribution < 1.29 is 17.9 Å². The van der Waals surface area contributed by atoms with E-state index in [4.69, 9.17) is 9.84 Å². The number of aromatic nitrogens is 5. The van der Waals surface area contributed by atoms with Crippen LogP contribution in [0.3, 0.4) is 0 Å². The van der Waals surface area contributed by atoms with E-state index >= 15 is 0 Å². The van der Waals surface area contributed by atoms with Gasteiger partial charge < -0.3 is 4.74 Å². The Labute approximate surface area is 247 Å². The molecule has 0 saturated carbocycles. The summed E-state index contributed by atoms with van der Waals surface area (Å²) in [6, 6.07) is 11.6. The highest BCUT2D eigenvalue weighted by molar-refractivity contribution is 7.89. The number of fused-ring (bicyclic) bond motifs is 2. The average Bonchev–Trinajstić information content (AvgIpc) is 3.50. The summed E-state index contributed by atoms with van der Waals surface area (Å²) >= 11 is 0. The normalized spacial score (nSPS) is 18.0. The Hall–Kier alpha value is -3.57. The van der Waals surface area contributed by atoms with Gasteiger partial charge in [0.05, 0.1) is 40.9 Å². The molecule has 0 unspecified atom stereocenters. The van der Waals surface area contributed by atoms with Gasteiger partial charge in [0, 0.05) is 26.1 Å². The second kappa shape index (κ2) is 10.9. The molecule has 4 aromatic rings. The summed E-state index contributed by atoms with van der Waals surface area (Å²) < 4.78 is 38.2. The zero-order valence-corrected chi connectivity index (χ0v) is 26.5. The van der Waals surface area contributed by atoms with Gasteiger partial charge in [-0.1, -0.05) is 30.3 Å². The molecule has 0 fully saturated rings. The van der Waals surface area contributed by atoms with Gasteiger partial charge in [-0.15, -0.1) is 5.10 Å². The van der Waals surface area contributed by atoms with Crippen molar-refractivity contribution in [2.45, 2.75) is 71.9 Å². The molecule has 3 heterocycles. The predicted octanol–water partition coefficient (Wildman–Crippen LogP) is 4.52. The van der Waals surface area contributed by atoms with E-state index in [2.05, 4.69) is 17.2 Å². The molecule has 0 amide bonds. The van der Waals surface area contributed by atoms with Gasteiger partial charge in [0.2, 0.25) is 10.0 Å². The van der Waals surface area contributed by atoms with Crippen molar-refractivity contribution in [1.29, 1.82) is 0 Å². The summed E-state index contributed by atoms with van der Waals surface area (Å²) in [6.07, 6.45) is 0.696. The third kappa shape index (κ3) is 5.02. The minimum Gasteiger partial charge on any atom is -0.469 e. The molecule has 5 rings (SSSR count). The molecular weight excluding hydrogens is 552 g/mol. The standard InChI is InChI=1S/C31H40N6O4S/c1-9-37-26-13-12-24(21(4)29(26)32-34-37)28(31(5,6)30(38)41-8)25-16-23(35(7)33-25)18-36-17-20(3)14-22-11-10-19(2)15-27(22)42(36,39)40/h10-13,15-16,20,28H,9,14,17-18H2,1-8H3/t20-,28-/m0/s1. The smallest absolute Gasteiger partial charge is 0.312 e. The molecule has 2 aromatic heterocycles. The molecule has 1 aliphatic rings. The molecule has 0 aliphatic carbocycles. The van der Waals surface area contributed by atoms with Crippen molar-refractivity contribution in [1.82, 2.24) is 29.1 Å². The number of aryl methyl sites for hydroxylation is 4. The van der Waals surface area contributed by atoms with Gasteiger partial charge in [-0.2, -0.15) is 9.40 Å². The van der Waals surface area contributed by atoms with Gasteiger partial charge in [-0.05, 0) is 87.4 Å². The number of ether oxygens (including phenoxy) is 1. The van der Waals surface area contributed by atoms with Gasteiger partial charge in [0.1, 0.15) is 5.52 Å². The number of carbonyl (C=O) groups is 1. The highest BCUT2D eigenvalue weighted by atomic mass is 32.2. The van der Waals surface area contributed by atoms with E-state index in [0.29, 0.717) is 30.1 Å². The first-order valence-electron chi connectivity index (χ1n) is 14.3. The second-order valence-electron chi connectivity index (χ2n) is 12.1. The Morgan fingerprint density at radius 2 is 1.90 bits per heavy atom. The van der Waals surface area contributed by atoms with Gasteiger partial charge in [0.15, 0.2) is 0 Å². The van der Waals surface area contributed by atoms with Crippen molar-refractivity contribution in [3.8, 4) is 0 Å². The first kappa shape index (κ1) is 29.9. The van der Waals surface area contributed by atoms with Crippen LogP contribution in [-0.2, 0) is 46.1 Å². The summed E-state index contributed by atoms with van der Waals surface area (Å²) in [4.78, 5) is 13.6. The van der Waals surface area contributed by atoms with Crippen LogP contribution in [0.5, 0.6) is 0 Å². The Bertz CT molecular complexity index is 1770. The number of esters is 1. The monoisotopic (exact) mass is 592 g/mol. The van der Waals surface area contributed by atoms with Gasteiger partial charge in [0.25, 0.3) is 0 Å². The maximum Gasteiger partial charge on any atom is 0.312 e. The van der Waals surface area contributed by atoms with Crippen molar-refractivity contribution in [2.75, 3.05) is 13.7 Å². The Morgan fingerprint density at radius 3 is 2.60 bits per heavy atom. The second-order valence-corrected chi connectivity index (χ2v) is 14.0. The molecule has 0 saturated heterocycles. The predicted molar refractivity (Wildman–Crippen MR) is 160 cm³/mol. The van der Waals surface area contributed by atoms with Crippen LogP contribution in [0.2, 0.25) is 0 Å². The maximum atomic E-state index is 13.9. The van der Waals surface area contributed by atoms with E-state index in [-0.39, 0.29) is 18.4 Å². The summed E-state index contributed by atoms with van der Waals surface area (Å²) in [5.74, 6) is -0.704. The number of carbonyl (C=O) groups excluding carboxylic acids is 1. The summed E-state index contributed by atoms with van der Waals surface area (Å²) in [5, 5.41) is 13.6. The van der Waals surface area contributed by atoms with Crippen molar-refractivity contribution >= 4 is 27.0 Å². The molecule has 2 atom stereocenters. The zero-order chi connectivity index (χ0) is 30.6. The highest BCUT2D eigenvalue weighted by Crippen LogP contribution is 2.44. The highest BCUT2D eigenvalue weighted by Gasteiger charge is 2.43. The van der Waals surface area contributed by atoms with Gasteiger partial charge in [-0.3, -0.25) is 9.48 Å². The number of methoxy groups -OCH3 is 1. The van der Waals surface area contributed by atoms with E-state index < -0.39 is 21.4 Å². The van der Waals surface area contributed by atoms with Crippen LogP contribution in [0.1, 0.15) is 67.3 Å². The van der Waals surface area contributed by atoms with Crippen LogP contribution in [0, 0.1) is 25.2 Å². The van der Waals surface area contributed by atoms with Crippen LogP contribution < -0.4 is 0 Å². The number of benzene rings is 2. The summed E-state index contributed by atoms with van der Waals surface area (Å²) in [5.41, 5.74) is 5.67. The molecule has 42 heavy (non-hydrogen) atoms. The number of sulfonamides is 1. The zero-order valence-electron chi connectivity index (χ0n) is 25.7. The fourth-order valence-electron chi connectivity index (χ4n) is 6.27. The SMILES string of the molecule is CCn1nnc2c(C)c([C@@H](c3cc(CN4C[C@@H](C)Cc5ccc(C)cc5S4(=O)=O)n(C)n3)C(C)(C)C(=O)OC)ccc21. The lowest BCUT2D eigenvalue weighted by molar-refractivity contribution is -0.151. The van der Waals surface area contributed by atoms with E-state index in [1.165, 1.54) is 7.11 Å². The minimum atomic E-state index is -3.73. The third-order valence-electron chi connectivity index (χ3n) is 8.58. The van der Waals surface area contributed by atoms with Gasteiger partial charge in [-0.25, -0.2) is 13.1 Å². The van der Waals surface area contributed by atoms with Crippen molar-refractivity contribution in [3.05, 3.63) is 70.0 Å². The van der Waals surface area contributed by atoms with E-state index in [1.807, 2.05) is 76.7 Å². The van der Waals surface area contributed by atoms with Crippen LogP contribution >= 0.6 is 0 Å². The third-order valence-corrected chi connectivity index (χ3v) is 10.5. The first-order chi connectivity index (χ1) is 19.8. The molecule has 11 heteroatoms. The Balaban J connectivity index is 1.60. The lowest BCUT2D eigenvalue weighted by Crippen LogP contribution is -2.34. The molecule has 0 spiro atoms. The summed E-state index contributed by atoms with van der Waals surface area (Å²) in [7, 11) is -0.526. The van der Waals surface area contributed by atoms with Crippen molar-refractivity contribution in [3.63, 3.8) is 0 Å². The summed E-state index contributed by atoms with van der Waals surface area (Å²) in [6.45, 7) is 12.9. The minimum absolute atomic E-state index is 0.147. The number of rotatable bonds is 7. The lowest BCUT2D eigenvalue weighted by Gasteiger charge is -2.32. The van der Waals surface area contributed by atoms with Crippen molar-refractivity contribution in [2.24, 2.45) is 18.4 Å². The maximum absolute atomic E-state index is 13.9. The van der Waals surface area contributed by atoms with E-state index in [0.717, 1.165) is 39.0 Å². The Kier molecular flexibility index (Phi) is 7.78. The van der Waals surface area contributed by atoms with E-state index in [9.17, 15) is 13.2 Å². The number of hydrogen-bond acceptors (Lipinski definition) is 7. The molecule has 0 bridgehead atoms. The first-order valence-corrected chi connectivity index (χ1v) is 15.8. The largest absolute Gasteiger partial charge is 0.469 e. The van der Waals surface area contributed by atoms with E-state index in [1.54, 1.807) is 15.1 Å². The molecule has 10 nitrogen and oxygen atoms in total. The van der Waals surface area contributed by atoms with Crippen LogP contribution in [0.25, 0.3) is 11.0 Å². The number of hydrogen-bond donors (Lipinski definition) is 0. The molecule has 0 radical (unpaired) electrons. The lowest BCUT2D eigenvalue weighted by atomic mass is 9.71. The topological polar surface area (TPSA) is 112 Å². The molecule has 0 N–H and O–H groups in total. The van der Waals surface area contributed by atoms with Crippen LogP contribution in [0.15, 0.2) is 41.3 Å². The average molecular weight is 593 g/mol.